The summed E-state index contributed by atoms with van der Waals surface area (Å²) in [7, 11) is 0. The highest BCUT2D eigenvalue weighted by molar-refractivity contribution is 5.76. The van der Waals surface area contributed by atoms with E-state index in [-0.39, 0.29) is 11.9 Å². The number of nitrogens with one attached hydrogen (secondary N) is 1. The first kappa shape index (κ1) is 13.5. The molecule has 3 heterocycles. The van der Waals surface area contributed by atoms with Crippen molar-refractivity contribution >= 4 is 5.91 Å². The van der Waals surface area contributed by atoms with E-state index in [0.29, 0.717) is 6.42 Å². The summed E-state index contributed by atoms with van der Waals surface area (Å²) in [6.45, 7) is 4.74. The Morgan fingerprint density at radius 3 is 3.30 bits per heavy atom. The Bertz CT molecular complexity index is 503. The minimum atomic E-state index is 0.0919. The van der Waals surface area contributed by atoms with E-state index in [1.807, 2.05) is 18.0 Å². The SMILES string of the molecule is CCCC(=O)N1CCCC1c1ncc2c(n1)CCNC2. The van der Waals surface area contributed by atoms with E-state index in [1.165, 1.54) is 5.56 Å². The minimum Gasteiger partial charge on any atom is -0.332 e. The Morgan fingerprint density at radius 1 is 1.55 bits per heavy atom. The van der Waals surface area contributed by atoms with Crippen molar-refractivity contribution < 1.29 is 4.79 Å². The number of carbonyl (C=O) groups excluding carboxylic acids is 1. The lowest BCUT2D eigenvalue weighted by atomic mass is 10.1. The average Bonchev–Trinajstić information content (AvgIpc) is 2.96. The van der Waals surface area contributed by atoms with Crippen LogP contribution in [0.25, 0.3) is 0 Å². The van der Waals surface area contributed by atoms with E-state index in [9.17, 15) is 4.79 Å². The minimum absolute atomic E-state index is 0.0919. The Labute approximate surface area is 119 Å². The molecule has 3 rings (SSSR count). The van der Waals surface area contributed by atoms with Crippen LogP contribution in [0.3, 0.4) is 0 Å². The van der Waals surface area contributed by atoms with Gasteiger partial charge in [0.2, 0.25) is 5.91 Å². The standard InChI is InChI=1S/C15H22N4O/c1-2-4-14(20)19-8-3-5-13(19)15-17-10-11-9-16-7-6-12(11)18-15/h10,13,16H,2-9H2,1H3. The zero-order chi connectivity index (χ0) is 13.9. The van der Waals surface area contributed by atoms with Gasteiger partial charge in [0, 0.05) is 49.9 Å². The van der Waals surface area contributed by atoms with Gasteiger partial charge in [-0.2, -0.15) is 0 Å². The van der Waals surface area contributed by atoms with Crippen LogP contribution in [0.5, 0.6) is 0 Å². The molecule has 0 aromatic carbocycles. The summed E-state index contributed by atoms with van der Waals surface area (Å²) < 4.78 is 0. The number of fused-ring (bicyclic) bond motifs is 1. The van der Waals surface area contributed by atoms with E-state index >= 15 is 0 Å². The van der Waals surface area contributed by atoms with Crippen molar-refractivity contribution in [2.45, 2.75) is 51.6 Å². The molecular weight excluding hydrogens is 252 g/mol. The zero-order valence-corrected chi connectivity index (χ0v) is 12.1. The van der Waals surface area contributed by atoms with E-state index in [0.717, 1.165) is 56.8 Å². The highest BCUT2D eigenvalue weighted by atomic mass is 16.2. The highest BCUT2D eigenvalue weighted by Crippen LogP contribution is 2.31. The molecule has 2 aliphatic rings. The molecule has 1 amide bonds. The van der Waals surface area contributed by atoms with E-state index < -0.39 is 0 Å². The van der Waals surface area contributed by atoms with Crippen molar-refractivity contribution in [2.24, 2.45) is 0 Å². The monoisotopic (exact) mass is 274 g/mol. The molecular formula is C15H22N4O. The van der Waals surface area contributed by atoms with E-state index in [1.54, 1.807) is 0 Å². The van der Waals surface area contributed by atoms with Crippen LogP contribution in [-0.2, 0) is 17.8 Å². The fourth-order valence-corrected chi connectivity index (χ4v) is 3.10. The Balaban J connectivity index is 1.82. The third-order valence-corrected chi connectivity index (χ3v) is 4.16. The van der Waals surface area contributed by atoms with Gasteiger partial charge < -0.3 is 10.2 Å². The van der Waals surface area contributed by atoms with Crippen molar-refractivity contribution in [3.05, 3.63) is 23.3 Å². The smallest absolute Gasteiger partial charge is 0.223 e. The maximum absolute atomic E-state index is 12.2. The fraction of sp³-hybridized carbons (Fsp3) is 0.667. The number of amides is 1. The normalized spacial score (nSPS) is 21.9. The van der Waals surface area contributed by atoms with Crippen LogP contribution in [0.4, 0.5) is 0 Å². The first-order chi connectivity index (χ1) is 9.79. The van der Waals surface area contributed by atoms with Gasteiger partial charge in [-0.15, -0.1) is 0 Å². The van der Waals surface area contributed by atoms with Crippen LogP contribution in [0.1, 0.15) is 55.7 Å². The molecule has 1 unspecified atom stereocenters. The lowest BCUT2D eigenvalue weighted by Crippen LogP contribution is -2.32. The van der Waals surface area contributed by atoms with Crippen molar-refractivity contribution in [3.63, 3.8) is 0 Å². The summed E-state index contributed by atoms with van der Waals surface area (Å²) in [6.07, 6.45) is 6.48. The summed E-state index contributed by atoms with van der Waals surface area (Å²) in [4.78, 5) is 23.4. The van der Waals surface area contributed by atoms with Gasteiger partial charge in [0.15, 0.2) is 5.82 Å². The molecule has 1 N–H and O–H groups in total. The van der Waals surface area contributed by atoms with E-state index in [4.69, 9.17) is 4.98 Å². The van der Waals surface area contributed by atoms with Gasteiger partial charge in [0.1, 0.15) is 0 Å². The predicted molar refractivity (Wildman–Crippen MR) is 76.0 cm³/mol. The number of rotatable bonds is 3. The van der Waals surface area contributed by atoms with Gasteiger partial charge >= 0.3 is 0 Å². The second kappa shape index (κ2) is 5.87. The van der Waals surface area contributed by atoms with Crippen LogP contribution in [-0.4, -0.2) is 33.9 Å². The van der Waals surface area contributed by atoms with Gasteiger partial charge in [0.25, 0.3) is 0 Å². The van der Waals surface area contributed by atoms with Crippen molar-refractivity contribution in [2.75, 3.05) is 13.1 Å². The molecule has 5 heteroatoms. The number of aromatic nitrogens is 2. The fourth-order valence-electron chi connectivity index (χ4n) is 3.10. The number of likely N-dealkylation sites (tertiary alicyclic amines) is 1. The van der Waals surface area contributed by atoms with Crippen LogP contribution < -0.4 is 5.32 Å². The molecule has 0 radical (unpaired) electrons. The lowest BCUT2D eigenvalue weighted by molar-refractivity contribution is -0.132. The van der Waals surface area contributed by atoms with Crippen LogP contribution in [0.15, 0.2) is 6.20 Å². The van der Waals surface area contributed by atoms with E-state index in [2.05, 4.69) is 10.3 Å². The van der Waals surface area contributed by atoms with Crippen molar-refractivity contribution in [3.8, 4) is 0 Å². The molecule has 0 aliphatic carbocycles. The molecule has 1 saturated heterocycles. The molecule has 108 valence electrons. The quantitative estimate of drug-likeness (QED) is 0.909. The Morgan fingerprint density at radius 2 is 2.45 bits per heavy atom. The Hall–Kier alpha value is -1.49. The molecule has 1 atom stereocenters. The highest BCUT2D eigenvalue weighted by Gasteiger charge is 2.31. The molecule has 0 spiro atoms. The lowest BCUT2D eigenvalue weighted by Gasteiger charge is -2.25. The van der Waals surface area contributed by atoms with Gasteiger partial charge in [-0.25, -0.2) is 9.97 Å². The van der Waals surface area contributed by atoms with Gasteiger partial charge in [-0.1, -0.05) is 6.92 Å². The predicted octanol–water partition coefficient (Wildman–Crippen LogP) is 1.59. The van der Waals surface area contributed by atoms with Crippen LogP contribution >= 0.6 is 0 Å². The van der Waals surface area contributed by atoms with Gasteiger partial charge in [-0.05, 0) is 19.3 Å². The summed E-state index contributed by atoms with van der Waals surface area (Å²) in [5, 5.41) is 3.33. The third-order valence-electron chi connectivity index (χ3n) is 4.16. The average molecular weight is 274 g/mol. The molecule has 20 heavy (non-hydrogen) atoms. The summed E-state index contributed by atoms with van der Waals surface area (Å²) >= 11 is 0. The summed E-state index contributed by atoms with van der Waals surface area (Å²) in [5.41, 5.74) is 2.35. The maximum Gasteiger partial charge on any atom is 0.223 e. The molecule has 2 aliphatic heterocycles. The molecule has 0 bridgehead atoms. The molecule has 1 aromatic rings. The number of nitrogens with zero attached hydrogens (tertiary/aromatic N) is 3. The summed E-state index contributed by atoms with van der Waals surface area (Å²) in [6, 6.07) is 0.0919. The van der Waals surface area contributed by atoms with Crippen LogP contribution in [0.2, 0.25) is 0 Å². The van der Waals surface area contributed by atoms with Gasteiger partial charge in [0.05, 0.1) is 6.04 Å². The second-order valence-electron chi connectivity index (χ2n) is 5.62. The topological polar surface area (TPSA) is 58.1 Å². The number of hydrogen-bond acceptors (Lipinski definition) is 4. The molecule has 5 nitrogen and oxygen atoms in total. The first-order valence-electron chi connectivity index (χ1n) is 7.64. The Kier molecular flexibility index (Phi) is 3.96. The second-order valence-corrected chi connectivity index (χ2v) is 5.62. The molecule has 0 saturated carbocycles. The van der Waals surface area contributed by atoms with Crippen molar-refractivity contribution in [1.82, 2.24) is 20.2 Å². The largest absolute Gasteiger partial charge is 0.332 e. The molecule has 1 aromatic heterocycles. The van der Waals surface area contributed by atoms with Crippen molar-refractivity contribution in [1.29, 1.82) is 0 Å². The third kappa shape index (κ3) is 2.54. The number of carbonyl (C=O) groups is 1. The number of hydrogen-bond donors (Lipinski definition) is 1. The zero-order valence-electron chi connectivity index (χ0n) is 12.1. The first-order valence-corrected chi connectivity index (χ1v) is 7.64. The van der Waals surface area contributed by atoms with Gasteiger partial charge in [-0.3, -0.25) is 4.79 Å². The van der Waals surface area contributed by atoms with Crippen LogP contribution in [0, 0.1) is 0 Å². The molecule has 1 fully saturated rings. The maximum atomic E-state index is 12.2. The summed E-state index contributed by atoms with van der Waals surface area (Å²) in [5.74, 6) is 1.09.